The molecule has 1 rings (SSSR count). The summed E-state index contributed by atoms with van der Waals surface area (Å²) in [4.78, 5) is 12.1. The summed E-state index contributed by atoms with van der Waals surface area (Å²) in [6, 6.07) is 7.65. The predicted molar refractivity (Wildman–Crippen MR) is 73.4 cm³/mol. The topological polar surface area (TPSA) is 29.1 Å². The molecule has 2 nitrogen and oxygen atoms in total. The molecule has 94 valence electrons. The molecule has 0 aliphatic heterocycles. The quantitative estimate of drug-likeness (QED) is 0.794. The number of anilines is 1. The van der Waals surface area contributed by atoms with Gasteiger partial charge in [0.25, 0.3) is 0 Å². The predicted octanol–water partition coefficient (Wildman–Crippen LogP) is 4.36. The first-order chi connectivity index (χ1) is 7.88. The van der Waals surface area contributed by atoms with Crippen LogP contribution in [0.25, 0.3) is 0 Å². The van der Waals surface area contributed by atoms with Crippen molar-refractivity contribution in [3.8, 4) is 0 Å². The molecule has 0 aromatic heterocycles. The standard InChI is InChI=1S/C14H20ClNO/c1-5-14(3,4)13(17)16-12-9-7-6-8-11(12)10(2)15/h6-10H,5H2,1-4H3,(H,16,17). The third-order valence-electron chi connectivity index (χ3n) is 3.14. The maximum Gasteiger partial charge on any atom is 0.230 e. The number of hydrogen-bond donors (Lipinski definition) is 1. The molecule has 3 heteroatoms. The number of alkyl halides is 1. The number of nitrogens with one attached hydrogen (secondary N) is 1. The number of para-hydroxylation sites is 1. The van der Waals surface area contributed by atoms with Crippen molar-refractivity contribution < 1.29 is 4.79 Å². The highest BCUT2D eigenvalue weighted by Crippen LogP contribution is 2.29. The smallest absolute Gasteiger partial charge is 0.230 e. The van der Waals surface area contributed by atoms with E-state index in [1.807, 2.05) is 52.0 Å². The Morgan fingerprint density at radius 1 is 1.41 bits per heavy atom. The Kier molecular flexibility index (Phi) is 4.58. The maximum atomic E-state index is 12.1. The zero-order chi connectivity index (χ0) is 13.1. The van der Waals surface area contributed by atoms with Gasteiger partial charge in [-0.2, -0.15) is 0 Å². The van der Waals surface area contributed by atoms with E-state index >= 15 is 0 Å². The molecule has 1 aromatic carbocycles. The molecule has 1 N–H and O–H groups in total. The van der Waals surface area contributed by atoms with E-state index in [9.17, 15) is 4.79 Å². The molecule has 0 saturated heterocycles. The van der Waals surface area contributed by atoms with Gasteiger partial charge in [0.2, 0.25) is 5.91 Å². The van der Waals surface area contributed by atoms with Crippen molar-refractivity contribution in [3.05, 3.63) is 29.8 Å². The second kappa shape index (κ2) is 5.54. The van der Waals surface area contributed by atoms with Crippen LogP contribution in [0.1, 0.15) is 45.1 Å². The minimum Gasteiger partial charge on any atom is -0.325 e. The molecule has 0 heterocycles. The largest absolute Gasteiger partial charge is 0.325 e. The minimum atomic E-state index is -0.358. The van der Waals surface area contributed by atoms with Crippen molar-refractivity contribution in [2.75, 3.05) is 5.32 Å². The Hall–Kier alpha value is -1.02. The van der Waals surface area contributed by atoms with Crippen LogP contribution in [0.15, 0.2) is 24.3 Å². The monoisotopic (exact) mass is 253 g/mol. The lowest BCUT2D eigenvalue weighted by molar-refractivity contribution is -0.124. The van der Waals surface area contributed by atoms with Gasteiger partial charge in [0, 0.05) is 11.1 Å². The van der Waals surface area contributed by atoms with E-state index in [1.165, 1.54) is 0 Å². The van der Waals surface area contributed by atoms with Gasteiger partial charge in [0.1, 0.15) is 0 Å². The highest BCUT2D eigenvalue weighted by Gasteiger charge is 2.25. The summed E-state index contributed by atoms with van der Waals surface area (Å²) in [6.45, 7) is 7.79. The Morgan fingerprint density at radius 2 is 2.00 bits per heavy atom. The molecule has 1 unspecified atom stereocenters. The Labute approximate surface area is 108 Å². The van der Waals surface area contributed by atoms with E-state index < -0.39 is 0 Å². The van der Waals surface area contributed by atoms with Crippen molar-refractivity contribution in [2.45, 2.75) is 39.5 Å². The number of carbonyl (C=O) groups excluding carboxylic acids is 1. The van der Waals surface area contributed by atoms with Crippen LogP contribution < -0.4 is 5.32 Å². The molecule has 0 aliphatic rings. The van der Waals surface area contributed by atoms with Crippen molar-refractivity contribution in [3.63, 3.8) is 0 Å². The summed E-state index contributed by atoms with van der Waals surface area (Å²) in [5, 5.41) is 2.85. The third kappa shape index (κ3) is 3.47. The van der Waals surface area contributed by atoms with Gasteiger partial charge in [0.05, 0.1) is 5.38 Å². The third-order valence-corrected chi connectivity index (χ3v) is 3.37. The molecule has 1 aromatic rings. The number of hydrogen-bond acceptors (Lipinski definition) is 1. The van der Waals surface area contributed by atoms with E-state index in [2.05, 4.69) is 5.32 Å². The van der Waals surface area contributed by atoms with Gasteiger partial charge < -0.3 is 5.32 Å². The Morgan fingerprint density at radius 3 is 2.53 bits per heavy atom. The fraction of sp³-hybridized carbons (Fsp3) is 0.500. The van der Waals surface area contributed by atoms with Crippen molar-refractivity contribution in [2.24, 2.45) is 5.41 Å². The highest BCUT2D eigenvalue weighted by atomic mass is 35.5. The van der Waals surface area contributed by atoms with Crippen LogP contribution in [0.4, 0.5) is 5.69 Å². The van der Waals surface area contributed by atoms with Gasteiger partial charge in [-0.25, -0.2) is 0 Å². The molecule has 1 amide bonds. The average molecular weight is 254 g/mol. The van der Waals surface area contributed by atoms with E-state index in [1.54, 1.807) is 0 Å². The molecule has 0 aliphatic carbocycles. The molecule has 0 fully saturated rings. The van der Waals surface area contributed by atoms with Gasteiger partial charge in [-0.15, -0.1) is 11.6 Å². The molecule has 0 bridgehead atoms. The summed E-state index contributed by atoms with van der Waals surface area (Å²) in [7, 11) is 0. The van der Waals surface area contributed by atoms with Crippen molar-refractivity contribution in [1.82, 2.24) is 0 Å². The summed E-state index contributed by atoms with van der Waals surface area (Å²) >= 11 is 6.09. The molecule has 0 radical (unpaired) electrons. The van der Waals surface area contributed by atoms with Crippen LogP contribution in [0, 0.1) is 5.41 Å². The summed E-state index contributed by atoms with van der Waals surface area (Å²) in [6.07, 6.45) is 0.803. The summed E-state index contributed by atoms with van der Waals surface area (Å²) in [5.41, 5.74) is 1.40. The van der Waals surface area contributed by atoms with Gasteiger partial charge in [0.15, 0.2) is 0 Å². The zero-order valence-electron chi connectivity index (χ0n) is 10.9. The fourth-order valence-electron chi connectivity index (χ4n) is 1.41. The van der Waals surface area contributed by atoms with E-state index in [0.717, 1.165) is 17.7 Å². The van der Waals surface area contributed by atoms with E-state index in [4.69, 9.17) is 11.6 Å². The number of amides is 1. The molecular weight excluding hydrogens is 234 g/mol. The van der Waals surface area contributed by atoms with Crippen molar-refractivity contribution >= 4 is 23.2 Å². The zero-order valence-corrected chi connectivity index (χ0v) is 11.6. The molecule has 0 saturated carbocycles. The van der Waals surface area contributed by atoms with Crippen LogP contribution >= 0.6 is 11.6 Å². The molecule has 0 spiro atoms. The van der Waals surface area contributed by atoms with Crippen LogP contribution in [0.2, 0.25) is 0 Å². The first kappa shape index (κ1) is 14.0. The van der Waals surface area contributed by atoms with Gasteiger partial charge in [-0.05, 0) is 25.0 Å². The lowest BCUT2D eigenvalue weighted by Gasteiger charge is -2.23. The second-order valence-electron chi connectivity index (χ2n) is 4.89. The van der Waals surface area contributed by atoms with Crippen LogP contribution in [0.5, 0.6) is 0 Å². The van der Waals surface area contributed by atoms with E-state index in [0.29, 0.717) is 0 Å². The van der Waals surface area contributed by atoms with Crippen LogP contribution in [0.3, 0.4) is 0 Å². The number of halogens is 1. The Balaban J connectivity index is 2.93. The van der Waals surface area contributed by atoms with Gasteiger partial charge in [-0.1, -0.05) is 39.0 Å². The number of carbonyl (C=O) groups is 1. The molecular formula is C14H20ClNO. The second-order valence-corrected chi connectivity index (χ2v) is 5.55. The Bertz CT molecular complexity index is 399. The number of rotatable bonds is 4. The SMILES string of the molecule is CCC(C)(C)C(=O)Nc1ccccc1C(C)Cl. The summed E-state index contributed by atoms with van der Waals surface area (Å²) in [5.74, 6) is 0.0322. The first-order valence-electron chi connectivity index (χ1n) is 5.93. The average Bonchev–Trinajstić information content (AvgIpc) is 2.29. The van der Waals surface area contributed by atoms with Gasteiger partial charge >= 0.3 is 0 Å². The normalized spacial score (nSPS) is 13.2. The van der Waals surface area contributed by atoms with Crippen LogP contribution in [-0.4, -0.2) is 5.91 Å². The van der Waals surface area contributed by atoms with E-state index in [-0.39, 0.29) is 16.7 Å². The fourth-order valence-corrected chi connectivity index (χ4v) is 1.60. The minimum absolute atomic E-state index is 0.0322. The highest BCUT2D eigenvalue weighted by molar-refractivity contribution is 6.21. The summed E-state index contributed by atoms with van der Waals surface area (Å²) < 4.78 is 0. The molecule has 17 heavy (non-hydrogen) atoms. The maximum absolute atomic E-state index is 12.1. The lowest BCUT2D eigenvalue weighted by Crippen LogP contribution is -2.30. The van der Waals surface area contributed by atoms with Gasteiger partial charge in [-0.3, -0.25) is 4.79 Å². The first-order valence-corrected chi connectivity index (χ1v) is 6.36. The van der Waals surface area contributed by atoms with Crippen molar-refractivity contribution in [1.29, 1.82) is 0 Å². The lowest BCUT2D eigenvalue weighted by atomic mass is 9.89. The molecule has 1 atom stereocenters. The van der Waals surface area contributed by atoms with Crippen LogP contribution in [-0.2, 0) is 4.79 Å². The number of benzene rings is 1.